The molecule has 1 unspecified atom stereocenters. The zero-order chi connectivity index (χ0) is 17.3. The van der Waals surface area contributed by atoms with Crippen LogP contribution in [0.4, 0.5) is 11.4 Å². The Morgan fingerprint density at radius 3 is 2.88 bits per heavy atom. The van der Waals surface area contributed by atoms with E-state index in [1.807, 2.05) is 26.0 Å². The van der Waals surface area contributed by atoms with E-state index in [1.165, 1.54) is 0 Å². The normalized spacial score (nSPS) is 16.0. The predicted molar refractivity (Wildman–Crippen MR) is 93.7 cm³/mol. The van der Waals surface area contributed by atoms with Gasteiger partial charge in [-0.1, -0.05) is 23.7 Å². The smallest absolute Gasteiger partial charge is 0.266 e. The van der Waals surface area contributed by atoms with E-state index in [0.29, 0.717) is 22.1 Å². The number of aryl methyl sites for hydroxylation is 1. The average molecular weight is 345 g/mol. The summed E-state index contributed by atoms with van der Waals surface area (Å²) in [4.78, 5) is 24.4. The Bertz CT molecular complexity index is 820. The zero-order valence-corrected chi connectivity index (χ0v) is 14.1. The first-order valence-electron chi connectivity index (χ1n) is 7.57. The van der Waals surface area contributed by atoms with Crippen LogP contribution in [0.25, 0.3) is 0 Å². The molecule has 0 bridgehead atoms. The van der Waals surface area contributed by atoms with Crippen molar-refractivity contribution in [3.63, 3.8) is 0 Å². The van der Waals surface area contributed by atoms with Crippen molar-refractivity contribution >= 4 is 34.8 Å². The summed E-state index contributed by atoms with van der Waals surface area (Å²) in [5.41, 5.74) is 3.05. The highest BCUT2D eigenvalue weighted by Crippen LogP contribution is 2.31. The van der Waals surface area contributed by atoms with Crippen LogP contribution in [0.2, 0.25) is 5.02 Å². The number of halogens is 1. The molecule has 0 saturated heterocycles. The topological polar surface area (TPSA) is 67.4 Å². The quantitative estimate of drug-likeness (QED) is 0.892. The minimum absolute atomic E-state index is 0.0783. The fourth-order valence-corrected chi connectivity index (χ4v) is 2.69. The Morgan fingerprint density at radius 2 is 2.08 bits per heavy atom. The SMILES string of the molecule is Cc1ccc2c(c1)NC(=O)C(CC(=O)Nc1cccc(Cl)c1C)O2. The van der Waals surface area contributed by atoms with Gasteiger partial charge in [-0.05, 0) is 49.2 Å². The molecule has 24 heavy (non-hydrogen) atoms. The Morgan fingerprint density at radius 1 is 1.29 bits per heavy atom. The second-order valence-electron chi connectivity index (χ2n) is 5.76. The third kappa shape index (κ3) is 3.36. The van der Waals surface area contributed by atoms with Crippen LogP contribution in [-0.2, 0) is 9.59 Å². The van der Waals surface area contributed by atoms with Gasteiger partial charge in [0.1, 0.15) is 5.75 Å². The van der Waals surface area contributed by atoms with Gasteiger partial charge in [-0.2, -0.15) is 0 Å². The first-order chi connectivity index (χ1) is 11.4. The van der Waals surface area contributed by atoms with E-state index in [0.717, 1.165) is 11.1 Å². The lowest BCUT2D eigenvalue weighted by molar-refractivity contribution is -0.128. The number of rotatable bonds is 3. The Kier molecular flexibility index (Phi) is 4.44. The number of fused-ring (bicyclic) bond motifs is 1. The summed E-state index contributed by atoms with van der Waals surface area (Å²) < 4.78 is 5.66. The molecule has 3 rings (SSSR count). The monoisotopic (exact) mass is 344 g/mol. The van der Waals surface area contributed by atoms with Crippen LogP contribution < -0.4 is 15.4 Å². The molecule has 0 saturated carbocycles. The molecule has 0 radical (unpaired) electrons. The van der Waals surface area contributed by atoms with Crippen molar-refractivity contribution in [3.05, 3.63) is 52.5 Å². The van der Waals surface area contributed by atoms with Crippen molar-refractivity contribution < 1.29 is 14.3 Å². The standard InChI is InChI=1S/C18H17ClN2O3/c1-10-6-7-15-14(8-10)21-18(23)16(24-15)9-17(22)20-13-5-3-4-12(19)11(13)2/h3-8,16H,9H2,1-2H3,(H,20,22)(H,21,23). The number of hydrogen-bond donors (Lipinski definition) is 2. The van der Waals surface area contributed by atoms with Crippen molar-refractivity contribution in [1.29, 1.82) is 0 Å². The number of anilines is 2. The third-order valence-corrected chi connectivity index (χ3v) is 4.28. The third-order valence-electron chi connectivity index (χ3n) is 3.87. The molecule has 2 aromatic carbocycles. The number of amides is 2. The van der Waals surface area contributed by atoms with Crippen LogP contribution in [0.1, 0.15) is 17.5 Å². The van der Waals surface area contributed by atoms with Crippen LogP contribution in [-0.4, -0.2) is 17.9 Å². The molecule has 2 aromatic rings. The van der Waals surface area contributed by atoms with Gasteiger partial charge in [0.05, 0.1) is 12.1 Å². The van der Waals surface area contributed by atoms with Gasteiger partial charge in [0.2, 0.25) is 5.91 Å². The zero-order valence-electron chi connectivity index (χ0n) is 13.4. The van der Waals surface area contributed by atoms with E-state index in [1.54, 1.807) is 24.3 Å². The van der Waals surface area contributed by atoms with Gasteiger partial charge in [-0.25, -0.2) is 0 Å². The van der Waals surface area contributed by atoms with Crippen molar-refractivity contribution in [2.75, 3.05) is 10.6 Å². The van der Waals surface area contributed by atoms with Gasteiger partial charge < -0.3 is 15.4 Å². The lowest BCUT2D eigenvalue weighted by Crippen LogP contribution is -2.39. The second kappa shape index (κ2) is 6.53. The molecule has 1 heterocycles. The summed E-state index contributed by atoms with van der Waals surface area (Å²) in [5, 5.41) is 6.12. The van der Waals surface area contributed by atoms with Gasteiger partial charge in [0, 0.05) is 10.7 Å². The Labute approximate surface area is 145 Å². The van der Waals surface area contributed by atoms with Crippen LogP contribution in [0.5, 0.6) is 5.75 Å². The van der Waals surface area contributed by atoms with Gasteiger partial charge in [0.15, 0.2) is 6.10 Å². The summed E-state index contributed by atoms with van der Waals surface area (Å²) >= 11 is 6.04. The fraction of sp³-hybridized carbons (Fsp3) is 0.222. The maximum absolute atomic E-state index is 12.2. The molecule has 1 aliphatic heterocycles. The van der Waals surface area contributed by atoms with Crippen molar-refractivity contribution in [2.45, 2.75) is 26.4 Å². The number of ether oxygens (including phenoxy) is 1. The molecule has 2 N–H and O–H groups in total. The highest BCUT2D eigenvalue weighted by atomic mass is 35.5. The largest absolute Gasteiger partial charge is 0.478 e. The van der Waals surface area contributed by atoms with Crippen LogP contribution in [0.3, 0.4) is 0 Å². The molecule has 0 spiro atoms. The molecule has 0 aliphatic carbocycles. The molecular weight excluding hydrogens is 328 g/mol. The molecule has 0 fully saturated rings. The van der Waals surface area contributed by atoms with E-state index in [-0.39, 0.29) is 18.2 Å². The van der Waals surface area contributed by atoms with Crippen LogP contribution in [0, 0.1) is 13.8 Å². The summed E-state index contributed by atoms with van der Waals surface area (Å²) in [7, 11) is 0. The van der Waals surface area contributed by atoms with Crippen LogP contribution in [0.15, 0.2) is 36.4 Å². The molecule has 124 valence electrons. The summed E-state index contributed by atoms with van der Waals surface area (Å²) in [6.45, 7) is 3.75. The van der Waals surface area contributed by atoms with E-state index >= 15 is 0 Å². The molecule has 1 aliphatic rings. The van der Waals surface area contributed by atoms with Crippen molar-refractivity contribution in [1.82, 2.24) is 0 Å². The Hall–Kier alpha value is -2.53. The van der Waals surface area contributed by atoms with Crippen molar-refractivity contribution in [2.24, 2.45) is 0 Å². The first kappa shape index (κ1) is 16.3. The van der Waals surface area contributed by atoms with Gasteiger partial charge in [-0.15, -0.1) is 0 Å². The highest BCUT2D eigenvalue weighted by molar-refractivity contribution is 6.31. The van der Waals surface area contributed by atoms with E-state index < -0.39 is 6.10 Å². The summed E-state index contributed by atoms with van der Waals surface area (Å²) in [6.07, 6.45) is -0.940. The summed E-state index contributed by atoms with van der Waals surface area (Å²) in [6, 6.07) is 10.8. The lowest BCUT2D eigenvalue weighted by atomic mass is 10.1. The molecule has 1 atom stereocenters. The highest BCUT2D eigenvalue weighted by Gasteiger charge is 2.29. The average Bonchev–Trinajstić information content (AvgIpc) is 2.53. The molecule has 2 amide bonds. The number of carbonyl (C=O) groups is 2. The first-order valence-corrected chi connectivity index (χ1v) is 7.95. The number of carbonyl (C=O) groups excluding carboxylic acids is 2. The van der Waals surface area contributed by atoms with E-state index in [2.05, 4.69) is 10.6 Å². The van der Waals surface area contributed by atoms with Gasteiger partial charge in [-0.3, -0.25) is 9.59 Å². The van der Waals surface area contributed by atoms with Crippen LogP contribution >= 0.6 is 11.6 Å². The van der Waals surface area contributed by atoms with E-state index in [9.17, 15) is 9.59 Å². The molecule has 0 aromatic heterocycles. The number of benzene rings is 2. The second-order valence-corrected chi connectivity index (χ2v) is 6.17. The minimum atomic E-state index is -0.861. The summed E-state index contributed by atoms with van der Waals surface area (Å²) in [5.74, 6) is -0.0703. The number of nitrogens with one attached hydrogen (secondary N) is 2. The fourth-order valence-electron chi connectivity index (χ4n) is 2.51. The van der Waals surface area contributed by atoms with Crippen molar-refractivity contribution in [3.8, 4) is 5.75 Å². The lowest BCUT2D eigenvalue weighted by Gasteiger charge is -2.25. The molecular formula is C18H17ClN2O3. The maximum atomic E-state index is 12.2. The van der Waals surface area contributed by atoms with Gasteiger partial charge in [0.25, 0.3) is 5.91 Å². The van der Waals surface area contributed by atoms with E-state index in [4.69, 9.17) is 16.3 Å². The number of hydrogen-bond acceptors (Lipinski definition) is 3. The van der Waals surface area contributed by atoms with Gasteiger partial charge >= 0.3 is 0 Å². The maximum Gasteiger partial charge on any atom is 0.266 e. The molecule has 5 nitrogen and oxygen atoms in total. The predicted octanol–water partition coefficient (Wildman–Crippen LogP) is 3.69. The molecule has 6 heteroatoms. The minimum Gasteiger partial charge on any atom is -0.478 e. The Balaban J connectivity index is 1.69.